The SMILES string of the molecule is CC(C)C(=O)c1cccnc1Br. The lowest BCUT2D eigenvalue weighted by Crippen LogP contribution is -2.08. The van der Waals surface area contributed by atoms with E-state index >= 15 is 0 Å². The van der Waals surface area contributed by atoms with Crippen LogP contribution in [0.2, 0.25) is 0 Å². The molecule has 0 aliphatic heterocycles. The van der Waals surface area contributed by atoms with Gasteiger partial charge < -0.3 is 0 Å². The average molecular weight is 228 g/mol. The van der Waals surface area contributed by atoms with Crippen LogP contribution in [-0.4, -0.2) is 10.8 Å². The topological polar surface area (TPSA) is 30.0 Å². The first-order valence-electron chi connectivity index (χ1n) is 3.77. The molecule has 0 saturated heterocycles. The summed E-state index contributed by atoms with van der Waals surface area (Å²) < 4.78 is 0.628. The van der Waals surface area contributed by atoms with E-state index in [1.807, 2.05) is 13.8 Å². The molecule has 0 aromatic carbocycles. The van der Waals surface area contributed by atoms with E-state index in [1.165, 1.54) is 0 Å². The number of Topliss-reactive ketones (excluding diaryl/α,β-unsaturated/α-hetero) is 1. The van der Waals surface area contributed by atoms with Gasteiger partial charge in [0.05, 0.1) is 5.56 Å². The molecule has 0 N–H and O–H groups in total. The fourth-order valence-electron chi connectivity index (χ4n) is 0.881. The van der Waals surface area contributed by atoms with Crippen LogP contribution in [0, 0.1) is 5.92 Å². The minimum atomic E-state index is 0.0190. The maximum absolute atomic E-state index is 11.5. The van der Waals surface area contributed by atoms with Gasteiger partial charge >= 0.3 is 0 Å². The lowest BCUT2D eigenvalue weighted by atomic mass is 10.0. The molecule has 1 aromatic heterocycles. The Hall–Kier alpha value is -0.700. The van der Waals surface area contributed by atoms with Gasteiger partial charge in [0.1, 0.15) is 4.60 Å². The van der Waals surface area contributed by atoms with Crippen molar-refractivity contribution in [3.8, 4) is 0 Å². The van der Waals surface area contributed by atoms with E-state index in [1.54, 1.807) is 18.3 Å². The number of hydrogen-bond acceptors (Lipinski definition) is 2. The zero-order valence-electron chi connectivity index (χ0n) is 7.04. The first kappa shape index (κ1) is 9.39. The van der Waals surface area contributed by atoms with Gasteiger partial charge in [-0.2, -0.15) is 0 Å². The van der Waals surface area contributed by atoms with E-state index in [0.29, 0.717) is 10.2 Å². The third-order valence-corrected chi connectivity index (χ3v) is 2.18. The van der Waals surface area contributed by atoms with Gasteiger partial charge in [-0.1, -0.05) is 13.8 Å². The molecule has 1 rings (SSSR count). The largest absolute Gasteiger partial charge is 0.294 e. The Morgan fingerprint density at radius 3 is 2.75 bits per heavy atom. The molecule has 0 unspecified atom stereocenters. The van der Waals surface area contributed by atoms with Crippen molar-refractivity contribution in [2.75, 3.05) is 0 Å². The van der Waals surface area contributed by atoms with Crippen LogP contribution in [0.3, 0.4) is 0 Å². The van der Waals surface area contributed by atoms with Crippen LogP contribution in [0.15, 0.2) is 22.9 Å². The van der Waals surface area contributed by atoms with E-state index in [9.17, 15) is 4.79 Å². The summed E-state index contributed by atoms with van der Waals surface area (Å²) in [5.41, 5.74) is 0.660. The highest BCUT2D eigenvalue weighted by Gasteiger charge is 2.13. The summed E-state index contributed by atoms with van der Waals surface area (Å²) in [6.45, 7) is 3.75. The lowest BCUT2D eigenvalue weighted by Gasteiger charge is -2.04. The maximum Gasteiger partial charge on any atom is 0.168 e. The van der Waals surface area contributed by atoms with Crippen molar-refractivity contribution < 1.29 is 4.79 Å². The molecule has 0 aliphatic carbocycles. The quantitative estimate of drug-likeness (QED) is 0.575. The molecular formula is C9H10BrNO. The van der Waals surface area contributed by atoms with Gasteiger partial charge in [0.2, 0.25) is 0 Å². The number of hydrogen-bond donors (Lipinski definition) is 0. The van der Waals surface area contributed by atoms with Crippen molar-refractivity contribution >= 4 is 21.7 Å². The van der Waals surface area contributed by atoms with Crippen LogP contribution in [-0.2, 0) is 0 Å². The number of carbonyl (C=O) groups excluding carboxylic acids is 1. The normalized spacial score (nSPS) is 10.3. The van der Waals surface area contributed by atoms with Crippen LogP contribution < -0.4 is 0 Å². The van der Waals surface area contributed by atoms with Crippen molar-refractivity contribution in [1.82, 2.24) is 4.98 Å². The summed E-state index contributed by atoms with van der Waals surface area (Å²) in [4.78, 5) is 15.5. The highest BCUT2D eigenvalue weighted by molar-refractivity contribution is 9.10. The zero-order valence-corrected chi connectivity index (χ0v) is 8.63. The summed E-state index contributed by atoms with van der Waals surface area (Å²) >= 11 is 3.23. The van der Waals surface area contributed by atoms with Crippen LogP contribution in [0.4, 0.5) is 0 Å². The summed E-state index contributed by atoms with van der Waals surface area (Å²) in [6, 6.07) is 3.54. The molecule has 0 amide bonds. The Morgan fingerprint density at radius 1 is 1.58 bits per heavy atom. The van der Waals surface area contributed by atoms with Gasteiger partial charge in [-0.3, -0.25) is 4.79 Å². The number of ketones is 1. The third-order valence-electron chi connectivity index (χ3n) is 1.55. The molecule has 0 saturated carbocycles. The van der Waals surface area contributed by atoms with Crippen molar-refractivity contribution in [1.29, 1.82) is 0 Å². The fraction of sp³-hybridized carbons (Fsp3) is 0.333. The van der Waals surface area contributed by atoms with E-state index in [4.69, 9.17) is 0 Å². The highest BCUT2D eigenvalue weighted by Crippen LogP contribution is 2.16. The number of nitrogens with zero attached hydrogens (tertiary/aromatic N) is 1. The molecule has 0 fully saturated rings. The van der Waals surface area contributed by atoms with Crippen LogP contribution in [0.5, 0.6) is 0 Å². The van der Waals surface area contributed by atoms with Crippen LogP contribution in [0.1, 0.15) is 24.2 Å². The highest BCUT2D eigenvalue weighted by atomic mass is 79.9. The molecule has 2 nitrogen and oxygen atoms in total. The molecule has 0 spiro atoms. The van der Waals surface area contributed by atoms with Gasteiger partial charge in [0, 0.05) is 12.1 Å². The molecule has 3 heteroatoms. The maximum atomic E-state index is 11.5. The Kier molecular flexibility index (Phi) is 2.98. The number of rotatable bonds is 2. The Balaban J connectivity index is 3.03. The van der Waals surface area contributed by atoms with Crippen molar-refractivity contribution in [3.63, 3.8) is 0 Å². The fourth-order valence-corrected chi connectivity index (χ4v) is 1.33. The zero-order chi connectivity index (χ0) is 9.14. The summed E-state index contributed by atoms with van der Waals surface area (Å²) in [6.07, 6.45) is 1.65. The lowest BCUT2D eigenvalue weighted by molar-refractivity contribution is 0.0938. The smallest absolute Gasteiger partial charge is 0.168 e. The van der Waals surface area contributed by atoms with Crippen LogP contribution in [0.25, 0.3) is 0 Å². The number of pyridine rings is 1. The predicted molar refractivity (Wildman–Crippen MR) is 51.1 cm³/mol. The standard InChI is InChI=1S/C9H10BrNO/c1-6(2)8(12)7-4-3-5-11-9(7)10/h3-6H,1-2H3. The molecule has 0 radical (unpaired) electrons. The first-order valence-corrected chi connectivity index (χ1v) is 4.57. The van der Waals surface area contributed by atoms with Gasteiger partial charge in [-0.25, -0.2) is 4.98 Å². The molecule has 1 heterocycles. The van der Waals surface area contributed by atoms with E-state index in [0.717, 1.165) is 0 Å². The van der Waals surface area contributed by atoms with Crippen molar-refractivity contribution in [2.45, 2.75) is 13.8 Å². The van der Waals surface area contributed by atoms with Crippen LogP contribution >= 0.6 is 15.9 Å². The van der Waals surface area contributed by atoms with Gasteiger partial charge in [0.25, 0.3) is 0 Å². The van der Waals surface area contributed by atoms with Gasteiger partial charge in [0.15, 0.2) is 5.78 Å². The predicted octanol–water partition coefficient (Wildman–Crippen LogP) is 2.68. The molecular weight excluding hydrogens is 218 g/mol. The first-order chi connectivity index (χ1) is 5.63. The van der Waals surface area contributed by atoms with E-state index in [-0.39, 0.29) is 11.7 Å². The number of halogens is 1. The molecule has 0 bridgehead atoms. The minimum Gasteiger partial charge on any atom is -0.294 e. The molecule has 12 heavy (non-hydrogen) atoms. The summed E-state index contributed by atoms with van der Waals surface area (Å²) in [5, 5.41) is 0. The average Bonchev–Trinajstić information content (AvgIpc) is 2.04. The second-order valence-electron chi connectivity index (χ2n) is 2.86. The second-order valence-corrected chi connectivity index (χ2v) is 3.61. The minimum absolute atomic E-state index is 0.0190. The Bertz CT molecular complexity index is 296. The summed E-state index contributed by atoms with van der Waals surface area (Å²) in [5.74, 6) is 0.139. The molecule has 64 valence electrons. The Labute approximate surface area is 80.1 Å². The molecule has 0 aliphatic rings. The van der Waals surface area contributed by atoms with Gasteiger partial charge in [-0.05, 0) is 28.1 Å². The van der Waals surface area contributed by atoms with E-state index < -0.39 is 0 Å². The Morgan fingerprint density at radius 2 is 2.25 bits per heavy atom. The summed E-state index contributed by atoms with van der Waals surface area (Å²) in [7, 11) is 0. The third kappa shape index (κ3) is 1.91. The molecule has 1 aromatic rings. The van der Waals surface area contributed by atoms with Gasteiger partial charge in [-0.15, -0.1) is 0 Å². The monoisotopic (exact) mass is 227 g/mol. The van der Waals surface area contributed by atoms with Crippen molar-refractivity contribution in [2.24, 2.45) is 5.92 Å². The van der Waals surface area contributed by atoms with Crippen molar-refractivity contribution in [3.05, 3.63) is 28.5 Å². The second kappa shape index (κ2) is 3.81. The molecule has 0 atom stereocenters. The number of carbonyl (C=O) groups is 1. The van der Waals surface area contributed by atoms with E-state index in [2.05, 4.69) is 20.9 Å². The number of aromatic nitrogens is 1.